The van der Waals surface area contributed by atoms with Gasteiger partial charge in [-0.2, -0.15) is 5.10 Å². The second-order valence-corrected chi connectivity index (χ2v) is 8.52. The molecule has 1 aliphatic carbocycles. The Morgan fingerprint density at radius 3 is 2.72 bits per heavy atom. The van der Waals surface area contributed by atoms with E-state index in [1.54, 1.807) is 0 Å². The summed E-state index contributed by atoms with van der Waals surface area (Å²) < 4.78 is 1.99. The maximum Gasteiger partial charge on any atom is 0.131 e. The molecular weight excluding hydrogens is 358 g/mol. The SMILES string of the molecule is Cc1nn(-c2ccccc2)cc1CN1CCc2nc(C3CCCCC3)ncc2C1. The van der Waals surface area contributed by atoms with E-state index in [2.05, 4.69) is 48.5 Å². The van der Waals surface area contributed by atoms with Crippen molar-refractivity contribution >= 4 is 0 Å². The molecular formula is C24H29N5. The molecule has 5 heteroatoms. The molecule has 1 aromatic carbocycles. The van der Waals surface area contributed by atoms with Crippen molar-refractivity contribution in [1.82, 2.24) is 24.6 Å². The minimum absolute atomic E-state index is 0.582. The van der Waals surface area contributed by atoms with Crippen LogP contribution >= 0.6 is 0 Å². The Morgan fingerprint density at radius 2 is 1.90 bits per heavy atom. The van der Waals surface area contributed by atoms with Crippen LogP contribution in [-0.2, 0) is 19.5 Å². The van der Waals surface area contributed by atoms with Gasteiger partial charge in [-0.25, -0.2) is 14.6 Å². The van der Waals surface area contributed by atoms with Gasteiger partial charge in [0.25, 0.3) is 0 Å². The van der Waals surface area contributed by atoms with Crippen LogP contribution in [0.4, 0.5) is 0 Å². The monoisotopic (exact) mass is 387 g/mol. The summed E-state index contributed by atoms with van der Waals surface area (Å²) in [5.41, 5.74) is 6.06. The van der Waals surface area contributed by atoms with Gasteiger partial charge in [-0.3, -0.25) is 4.90 Å². The Kier molecular flexibility index (Phi) is 5.15. The van der Waals surface area contributed by atoms with Crippen LogP contribution in [0.2, 0.25) is 0 Å². The zero-order chi connectivity index (χ0) is 19.6. The molecule has 0 N–H and O–H groups in total. The molecule has 150 valence electrons. The minimum Gasteiger partial charge on any atom is -0.294 e. The van der Waals surface area contributed by atoms with Crippen molar-refractivity contribution in [1.29, 1.82) is 0 Å². The highest BCUT2D eigenvalue weighted by Gasteiger charge is 2.23. The molecule has 2 aliphatic rings. The van der Waals surface area contributed by atoms with E-state index in [1.165, 1.54) is 48.9 Å². The first kappa shape index (κ1) is 18.5. The summed E-state index contributed by atoms with van der Waals surface area (Å²) in [6.45, 7) is 5.00. The first-order valence-corrected chi connectivity index (χ1v) is 10.9. The van der Waals surface area contributed by atoms with Gasteiger partial charge in [0.1, 0.15) is 5.82 Å². The summed E-state index contributed by atoms with van der Waals surface area (Å²) >= 11 is 0. The van der Waals surface area contributed by atoms with Crippen LogP contribution in [0, 0.1) is 6.92 Å². The van der Waals surface area contributed by atoms with Gasteiger partial charge >= 0.3 is 0 Å². The van der Waals surface area contributed by atoms with E-state index in [9.17, 15) is 0 Å². The van der Waals surface area contributed by atoms with E-state index >= 15 is 0 Å². The number of fused-ring (bicyclic) bond motifs is 1. The molecule has 0 saturated heterocycles. The van der Waals surface area contributed by atoms with E-state index in [-0.39, 0.29) is 0 Å². The van der Waals surface area contributed by atoms with Gasteiger partial charge < -0.3 is 0 Å². The van der Waals surface area contributed by atoms with E-state index in [4.69, 9.17) is 15.1 Å². The summed E-state index contributed by atoms with van der Waals surface area (Å²) in [6, 6.07) is 10.3. The van der Waals surface area contributed by atoms with E-state index in [1.807, 2.05) is 10.7 Å². The van der Waals surface area contributed by atoms with Crippen molar-refractivity contribution < 1.29 is 0 Å². The number of aryl methyl sites for hydroxylation is 1. The minimum atomic E-state index is 0.582. The summed E-state index contributed by atoms with van der Waals surface area (Å²) in [4.78, 5) is 12.2. The molecule has 29 heavy (non-hydrogen) atoms. The standard InChI is InChI=1S/C24H29N5/c1-18-21(17-29(27-18)22-10-6-3-7-11-22)16-28-13-12-23-20(15-28)14-25-24(26-23)19-8-4-2-5-9-19/h3,6-7,10-11,14,17,19H,2,4-5,8-9,12-13,15-16H2,1H3. The Labute approximate surface area is 172 Å². The van der Waals surface area contributed by atoms with Crippen LogP contribution in [0.15, 0.2) is 42.7 Å². The van der Waals surface area contributed by atoms with Crippen molar-refractivity contribution in [2.45, 2.75) is 64.5 Å². The third-order valence-electron chi connectivity index (χ3n) is 6.42. The fourth-order valence-electron chi connectivity index (χ4n) is 4.69. The lowest BCUT2D eigenvalue weighted by atomic mass is 9.88. The average molecular weight is 388 g/mol. The highest BCUT2D eigenvalue weighted by atomic mass is 15.3. The summed E-state index contributed by atoms with van der Waals surface area (Å²) in [7, 11) is 0. The Hall–Kier alpha value is -2.53. The molecule has 3 aromatic rings. The fraction of sp³-hybridized carbons (Fsp3) is 0.458. The summed E-state index contributed by atoms with van der Waals surface area (Å²) in [5.74, 6) is 1.68. The molecule has 5 nitrogen and oxygen atoms in total. The van der Waals surface area contributed by atoms with Gasteiger partial charge in [-0.05, 0) is 31.9 Å². The van der Waals surface area contributed by atoms with Gasteiger partial charge in [0, 0.05) is 61.2 Å². The van der Waals surface area contributed by atoms with Gasteiger partial charge in [0.2, 0.25) is 0 Å². The predicted octanol–water partition coefficient (Wildman–Crippen LogP) is 4.58. The summed E-state index contributed by atoms with van der Waals surface area (Å²) in [5, 5.41) is 4.72. The fourth-order valence-corrected chi connectivity index (χ4v) is 4.69. The van der Waals surface area contributed by atoms with Crippen molar-refractivity contribution in [3.05, 3.63) is 71.1 Å². The molecule has 0 bridgehead atoms. The van der Waals surface area contributed by atoms with Crippen LogP contribution in [0.25, 0.3) is 5.69 Å². The van der Waals surface area contributed by atoms with E-state index in [0.717, 1.165) is 43.3 Å². The molecule has 0 radical (unpaired) electrons. The Bertz CT molecular complexity index is 972. The van der Waals surface area contributed by atoms with Crippen molar-refractivity contribution in [2.24, 2.45) is 0 Å². The van der Waals surface area contributed by atoms with E-state index < -0.39 is 0 Å². The molecule has 0 spiro atoms. The molecule has 1 fully saturated rings. The zero-order valence-electron chi connectivity index (χ0n) is 17.2. The normalized spacial score (nSPS) is 18.0. The Morgan fingerprint density at radius 1 is 1.07 bits per heavy atom. The van der Waals surface area contributed by atoms with Crippen molar-refractivity contribution in [2.75, 3.05) is 6.54 Å². The first-order valence-electron chi connectivity index (χ1n) is 10.9. The highest BCUT2D eigenvalue weighted by Crippen LogP contribution is 2.31. The topological polar surface area (TPSA) is 46.8 Å². The van der Waals surface area contributed by atoms with E-state index in [0.29, 0.717) is 5.92 Å². The smallest absolute Gasteiger partial charge is 0.131 e. The van der Waals surface area contributed by atoms with Gasteiger partial charge in [-0.1, -0.05) is 37.5 Å². The average Bonchev–Trinajstić information content (AvgIpc) is 3.15. The lowest BCUT2D eigenvalue weighted by molar-refractivity contribution is 0.241. The highest BCUT2D eigenvalue weighted by molar-refractivity contribution is 5.32. The lowest BCUT2D eigenvalue weighted by Gasteiger charge is -2.29. The van der Waals surface area contributed by atoms with Crippen molar-refractivity contribution in [3.8, 4) is 5.69 Å². The third kappa shape index (κ3) is 3.97. The predicted molar refractivity (Wildman–Crippen MR) is 114 cm³/mol. The second kappa shape index (κ2) is 8.07. The quantitative estimate of drug-likeness (QED) is 0.658. The van der Waals surface area contributed by atoms with Gasteiger partial charge in [0.15, 0.2) is 0 Å². The summed E-state index contributed by atoms with van der Waals surface area (Å²) in [6.07, 6.45) is 11.8. The maximum atomic E-state index is 4.99. The molecule has 1 saturated carbocycles. The molecule has 0 amide bonds. The maximum absolute atomic E-state index is 4.99. The molecule has 0 unspecified atom stereocenters. The van der Waals surface area contributed by atoms with Crippen LogP contribution < -0.4 is 0 Å². The van der Waals surface area contributed by atoms with Crippen LogP contribution in [0.5, 0.6) is 0 Å². The number of hydrogen-bond donors (Lipinski definition) is 0. The molecule has 0 atom stereocenters. The number of nitrogens with zero attached hydrogens (tertiary/aromatic N) is 5. The number of hydrogen-bond acceptors (Lipinski definition) is 4. The molecule has 1 aliphatic heterocycles. The van der Waals surface area contributed by atoms with Crippen molar-refractivity contribution in [3.63, 3.8) is 0 Å². The first-order chi connectivity index (χ1) is 14.3. The number of para-hydroxylation sites is 1. The molecule has 2 aromatic heterocycles. The van der Waals surface area contributed by atoms with Crippen LogP contribution in [0.3, 0.4) is 0 Å². The Balaban J connectivity index is 1.28. The van der Waals surface area contributed by atoms with Crippen LogP contribution in [0.1, 0.15) is 66.4 Å². The second-order valence-electron chi connectivity index (χ2n) is 8.52. The number of benzene rings is 1. The third-order valence-corrected chi connectivity index (χ3v) is 6.42. The van der Waals surface area contributed by atoms with Gasteiger partial charge in [0.05, 0.1) is 11.4 Å². The number of rotatable bonds is 4. The lowest BCUT2D eigenvalue weighted by Crippen LogP contribution is -2.31. The number of aromatic nitrogens is 4. The van der Waals surface area contributed by atoms with Crippen LogP contribution in [-0.4, -0.2) is 31.2 Å². The van der Waals surface area contributed by atoms with Gasteiger partial charge in [-0.15, -0.1) is 0 Å². The largest absolute Gasteiger partial charge is 0.294 e. The molecule has 3 heterocycles. The molecule has 5 rings (SSSR count). The zero-order valence-corrected chi connectivity index (χ0v) is 17.2.